The van der Waals surface area contributed by atoms with Gasteiger partial charge < -0.3 is 24.6 Å². The van der Waals surface area contributed by atoms with E-state index in [2.05, 4.69) is 0 Å². The predicted molar refractivity (Wildman–Crippen MR) is 136 cm³/mol. The Hall–Kier alpha value is -2.99. The number of para-hydroxylation sites is 1. The summed E-state index contributed by atoms with van der Waals surface area (Å²) < 4.78 is 11.8. The lowest BCUT2D eigenvalue weighted by Crippen LogP contribution is -2.43. The van der Waals surface area contributed by atoms with Crippen LogP contribution < -0.4 is 9.64 Å². The molecule has 0 saturated heterocycles. The number of ether oxygens (including phenoxy) is 2. The Labute approximate surface area is 208 Å². The van der Waals surface area contributed by atoms with Crippen molar-refractivity contribution in [2.75, 3.05) is 24.7 Å². The molecule has 0 spiro atoms. The summed E-state index contributed by atoms with van der Waals surface area (Å²) in [6.07, 6.45) is 7.62. The largest absolute Gasteiger partial charge is 0.510 e. The minimum absolute atomic E-state index is 0.0538. The number of aliphatic hydroxyl groups is 2. The number of nitrogens with zero attached hydrogens (tertiary/aromatic N) is 1. The van der Waals surface area contributed by atoms with E-state index < -0.39 is 11.6 Å². The number of cyclic esters (lactones) is 1. The van der Waals surface area contributed by atoms with Crippen LogP contribution in [0.3, 0.4) is 0 Å². The molecule has 35 heavy (non-hydrogen) atoms. The Morgan fingerprint density at radius 2 is 1.80 bits per heavy atom. The van der Waals surface area contributed by atoms with Crippen LogP contribution >= 0.6 is 0 Å². The van der Waals surface area contributed by atoms with Crippen LogP contribution in [0.2, 0.25) is 0 Å². The first-order valence-electron chi connectivity index (χ1n) is 12.9. The Balaban J connectivity index is 1.66. The molecule has 2 aromatic carbocycles. The topological polar surface area (TPSA) is 79.2 Å². The number of rotatable bonds is 11. The summed E-state index contributed by atoms with van der Waals surface area (Å²) in [5.41, 5.74) is 1.03. The van der Waals surface area contributed by atoms with Crippen LogP contribution in [0.25, 0.3) is 0 Å². The van der Waals surface area contributed by atoms with Gasteiger partial charge in [0.25, 0.3) is 0 Å². The molecule has 6 nitrogen and oxygen atoms in total. The van der Waals surface area contributed by atoms with Crippen LogP contribution in [0.1, 0.15) is 63.9 Å². The maximum Gasteiger partial charge on any atom is 0.359 e. The summed E-state index contributed by atoms with van der Waals surface area (Å²) in [6, 6.07) is 17.2. The van der Waals surface area contributed by atoms with Gasteiger partial charge in [-0.05, 0) is 55.0 Å². The van der Waals surface area contributed by atoms with E-state index in [0.717, 1.165) is 24.1 Å². The third kappa shape index (κ3) is 5.81. The van der Waals surface area contributed by atoms with Crippen molar-refractivity contribution in [2.45, 2.75) is 63.9 Å². The average molecular weight is 480 g/mol. The van der Waals surface area contributed by atoms with E-state index in [-0.39, 0.29) is 31.1 Å². The lowest BCUT2D eigenvalue weighted by atomic mass is 9.81. The van der Waals surface area contributed by atoms with E-state index >= 15 is 0 Å². The van der Waals surface area contributed by atoms with E-state index in [0.29, 0.717) is 24.6 Å². The molecule has 2 aliphatic rings. The SMILES string of the molecule is CCCN(C1=C(O)CC(CCC2CCCC2)(c2ccc(OCCO)cc2)OC1=O)c1ccccc1. The van der Waals surface area contributed by atoms with Crippen molar-refractivity contribution in [3.05, 3.63) is 71.6 Å². The van der Waals surface area contributed by atoms with Crippen molar-refractivity contribution >= 4 is 11.7 Å². The molecule has 1 fully saturated rings. The fourth-order valence-electron chi connectivity index (χ4n) is 5.40. The van der Waals surface area contributed by atoms with Crippen molar-refractivity contribution in [1.82, 2.24) is 0 Å². The summed E-state index contributed by atoms with van der Waals surface area (Å²) in [4.78, 5) is 15.4. The van der Waals surface area contributed by atoms with Gasteiger partial charge in [-0.3, -0.25) is 0 Å². The van der Waals surface area contributed by atoms with Crippen LogP contribution in [0.5, 0.6) is 5.75 Å². The first kappa shape index (κ1) is 25.1. The summed E-state index contributed by atoms with van der Waals surface area (Å²) in [5, 5.41) is 20.4. The number of carbonyl (C=O) groups excluding carboxylic acids is 1. The molecule has 0 aromatic heterocycles. The van der Waals surface area contributed by atoms with Gasteiger partial charge in [0.1, 0.15) is 23.7 Å². The molecule has 2 aromatic rings. The zero-order valence-electron chi connectivity index (χ0n) is 20.6. The first-order chi connectivity index (χ1) is 17.1. The highest BCUT2D eigenvalue weighted by Crippen LogP contribution is 2.45. The number of esters is 1. The normalized spacial score (nSPS) is 20.7. The van der Waals surface area contributed by atoms with Crippen molar-refractivity contribution in [3.8, 4) is 5.75 Å². The van der Waals surface area contributed by atoms with Crippen LogP contribution in [0.4, 0.5) is 5.69 Å². The molecule has 1 aliphatic carbocycles. The third-order valence-electron chi connectivity index (χ3n) is 7.16. The maximum atomic E-state index is 13.6. The number of carbonyl (C=O) groups is 1. The smallest absolute Gasteiger partial charge is 0.359 e. The molecule has 1 atom stereocenters. The second-order valence-electron chi connectivity index (χ2n) is 9.63. The van der Waals surface area contributed by atoms with Gasteiger partial charge in [0.15, 0.2) is 5.70 Å². The summed E-state index contributed by atoms with van der Waals surface area (Å²) in [6.45, 7) is 2.82. The molecule has 4 rings (SSSR count). The molecule has 188 valence electrons. The van der Waals surface area contributed by atoms with Gasteiger partial charge in [0.2, 0.25) is 0 Å². The Morgan fingerprint density at radius 3 is 2.43 bits per heavy atom. The summed E-state index contributed by atoms with van der Waals surface area (Å²) >= 11 is 0. The lowest BCUT2D eigenvalue weighted by Gasteiger charge is -2.40. The first-order valence-corrected chi connectivity index (χ1v) is 12.9. The Bertz CT molecular complexity index is 997. The number of benzene rings is 2. The maximum absolute atomic E-state index is 13.6. The zero-order valence-corrected chi connectivity index (χ0v) is 20.6. The van der Waals surface area contributed by atoms with Gasteiger partial charge in [-0.25, -0.2) is 4.79 Å². The fraction of sp³-hybridized carbons (Fsp3) is 0.483. The van der Waals surface area contributed by atoms with Crippen LogP contribution in [-0.2, 0) is 15.1 Å². The van der Waals surface area contributed by atoms with Crippen LogP contribution in [0.15, 0.2) is 66.1 Å². The highest BCUT2D eigenvalue weighted by Gasteiger charge is 2.45. The molecular formula is C29H37NO5. The highest BCUT2D eigenvalue weighted by atomic mass is 16.6. The Kier molecular flexibility index (Phi) is 8.34. The minimum atomic E-state index is -0.919. The highest BCUT2D eigenvalue weighted by molar-refractivity contribution is 5.94. The van der Waals surface area contributed by atoms with Gasteiger partial charge in [-0.2, -0.15) is 0 Å². The predicted octanol–water partition coefficient (Wildman–Crippen LogP) is 5.86. The standard InChI is InChI=1S/C29H37NO5/c1-2-18-30(24-10-4-3-5-11-24)27-26(32)21-29(35-28(27)33,17-16-22-8-6-7-9-22)23-12-14-25(15-13-23)34-20-19-31/h3-5,10-15,22,31-32H,2,6-9,16-21H2,1H3. The third-order valence-corrected chi connectivity index (χ3v) is 7.16. The number of hydrogen-bond acceptors (Lipinski definition) is 6. The monoisotopic (exact) mass is 479 g/mol. The molecular weight excluding hydrogens is 442 g/mol. The van der Waals surface area contributed by atoms with Crippen molar-refractivity contribution in [1.29, 1.82) is 0 Å². The van der Waals surface area contributed by atoms with Gasteiger partial charge >= 0.3 is 5.97 Å². The number of aliphatic hydroxyl groups excluding tert-OH is 2. The van der Waals surface area contributed by atoms with Gasteiger partial charge in [0.05, 0.1) is 13.0 Å². The molecule has 1 aliphatic heterocycles. The van der Waals surface area contributed by atoms with Crippen LogP contribution in [-0.4, -0.2) is 35.9 Å². The van der Waals surface area contributed by atoms with Crippen molar-refractivity contribution < 1.29 is 24.5 Å². The van der Waals surface area contributed by atoms with Gasteiger partial charge in [-0.1, -0.05) is 62.9 Å². The van der Waals surface area contributed by atoms with Gasteiger partial charge in [-0.15, -0.1) is 0 Å². The van der Waals surface area contributed by atoms with Crippen molar-refractivity contribution in [2.24, 2.45) is 5.92 Å². The average Bonchev–Trinajstić information content (AvgIpc) is 3.40. The van der Waals surface area contributed by atoms with Crippen molar-refractivity contribution in [3.63, 3.8) is 0 Å². The fourth-order valence-corrected chi connectivity index (χ4v) is 5.40. The molecule has 1 unspecified atom stereocenters. The Morgan fingerprint density at radius 1 is 1.09 bits per heavy atom. The van der Waals surface area contributed by atoms with E-state index in [4.69, 9.17) is 14.6 Å². The van der Waals surface area contributed by atoms with E-state index in [1.165, 1.54) is 25.7 Å². The van der Waals surface area contributed by atoms with E-state index in [9.17, 15) is 9.90 Å². The molecule has 0 bridgehead atoms. The molecule has 1 heterocycles. The zero-order chi connectivity index (χ0) is 24.7. The quantitative estimate of drug-likeness (QED) is 0.393. The molecule has 1 saturated carbocycles. The minimum Gasteiger partial charge on any atom is -0.510 e. The summed E-state index contributed by atoms with van der Waals surface area (Å²) in [7, 11) is 0. The van der Waals surface area contributed by atoms with Crippen LogP contribution in [0, 0.1) is 5.92 Å². The molecule has 0 amide bonds. The molecule has 0 radical (unpaired) electrons. The molecule has 2 N–H and O–H groups in total. The molecule has 6 heteroatoms. The van der Waals surface area contributed by atoms with E-state index in [1.54, 1.807) is 0 Å². The summed E-state index contributed by atoms with van der Waals surface area (Å²) in [5.74, 6) is 0.865. The second-order valence-corrected chi connectivity index (χ2v) is 9.63. The number of hydrogen-bond donors (Lipinski definition) is 2. The van der Waals surface area contributed by atoms with E-state index in [1.807, 2.05) is 66.4 Å². The van der Waals surface area contributed by atoms with Gasteiger partial charge in [0, 0.05) is 12.2 Å². The second kappa shape index (κ2) is 11.6. The lowest BCUT2D eigenvalue weighted by molar-refractivity contribution is -0.162. The number of anilines is 1.